The van der Waals surface area contributed by atoms with Gasteiger partial charge in [-0.15, -0.1) is 22.7 Å². The third-order valence-electron chi connectivity index (χ3n) is 3.52. The molecule has 0 fully saturated rings. The third kappa shape index (κ3) is 2.53. The van der Waals surface area contributed by atoms with Crippen molar-refractivity contribution < 1.29 is 5.11 Å². The molecule has 0 atom stereocenters. The van der Waals surface area contributed by atoms with Crippen molar-refractivity contribution in [2.45, 2.75) is 0 Å². The highest BCUT2D eigenvalue weighted by Crippen LogP contribution is 2.33. The number of aromatic nitrogens is 2. The third-order valence-corrected chi connectivity index (χ3v) is 5.31. The van der Waals surface area contributed by atoms with Crippen LogP contribution in [0, 0.1) is 0 Å². The van der Waals surface area contributed by atoms with Crippen LogP contribution in [-0.2, 0) is 0 Å². The summed E-state index contributed by atoms with van der Waals surface area (Å²) in [7, 11) is 0. The van der Waals surface area contributed by atoms with Gasteiger partial charge in [-0.2, -0.15) is 9.78 Å². The molecule has 0 unspecified atom stereocenters. The van der Waals surface area contributed by atoms with Crippen molar-refractivity contribution in [2.75, 3.05) is 0 Å². The van der Waals surface area contributed by atoms with Gasteiger partial charge in [-0.05, 0) is 23.6 Å². The summed E-state index contributed by atoms with van der Waals surface area (Å²) in [6.07, 6.45) is 2.84. The Balaban J connectivity index is 1.83. The van der Waals surface area contributed by atoms with Gasteiger partial charge in [0.2, 0.25) is 0 Å². The van der Waals surface area contributed by atoms with Crippen molar-refractivity contribution in [3.63, 3.8) is 0 Å². The minimum absolute atomic E-state index is 0.109. The van der Waals surface area contributed by atoms with E-state index in [0.717, 1.165) is 10.4 Å². The Labute approximate surface area is 144 Å². The summed E-state index contributed by atoms with van der Waals surface area (Å²) in [6.45, 7) is 0. The van der Waals surface area contributed by atoms with Crippen LogP contribution in [0.25, 0.3) is 20.7 Å². The Hall–Kier alpha value is -2.77. The zero-order chi connectivity index (χ0) is 16.5. The average molecular weight is 353 g/mol. The summed E-state index contributed by atoms with van der Waals surface area (Å²) in [5.74, 6) is 0.109. The van der Waals surface area contributed by atoms with Gasteiger partial charge in [-0.1, -0.05) is 18.2 Å². The van der Waals surface area contributed by atoms with E-state index in [1.165, 1.54) is 28.6 Å². The number of rotatable bonds is 3. The van der Waals surface area contributed by atoms with Gasteiger partial charge in [0.25, 0.3) is 5.56 Å². The lowest BCUT2D eigenvalue weighted by molar-refractivity contribution is 0.474. The first-order valence-corrected chi connectivity index (χ1v) is 8.85. The highest BCUT2D eigenvalue weighted by Gasteiger charge is 2.13. The van der Waals surface area contributed by atoms with Crippen molar-refractivity contribution in [1.29, 1.82) is 0 Å². The fraction of sp³-hybridized carbons (Fsp3) is 0. The maximum absolute atomic E-state index is 12.8. The molecule has 3 heterocycles. The van der Waals surface area contributed by atoms with Crippen LogP contribution in [0.4, 0.5) is 0 Å². The molecule has 0 aliphatic heterocycles. The molecule has 3 aromatic heterocycles. The normalized spacial score (nSPS) is 11.5. The summed E-state index contributed by atoms with van der Waals surface area (Å²) >= 11 is 3.02. The van der Waals surface area contributed by atoms with E-state index in [2.05, 4.69) is 10.1 Å². The van der Waals surface area contributed by atoms with E-state index in [0.29, 0.717) is 15.8 Å². The van der Waals surface area contributed by atoms with Gasteiger partial charge in [-0.25, -0.2) is 4.98 Å². The lowest BCUT2D eigenvalue weighted by atomic mass is 10.2. The maximum atomic E-state index is 12.8. The monoisotopic (exact) mass is 353 g/mol. The van der Waals surface area contributed by atoms with Crippen molar-refractivity contribution in [3.05, 3.63) is 69.4 Å². The second-order valence-corrected chi connectivity index (χ2v) is 6.81. The first kappa shape index (κ1) is 14.8. The Morgan fingerprint density at radius 3 is 2.83 bits per heavy atom. The standard InChI is InChI=1S/C17H11N3O2S2/c21-13-5-2-1-4-11(13)8-19-20-10-18-16-15(17(20)22)12(9-24-16)14-6-3-7-23-14/h1-10,21H/b19-8+. The molecule has 7 heteroatoms. The molecule has 0 amide bonds. The van der Waals surface area contributed by atoms with Crippen molar-refractivity contribution >= 4 is 39.1 Å². The highest BCUT2D eigenvalue weighted by molar-refractivity contribution is 7.18. The molecule has 0 aliphatic carbocycles. The van der Waals surface area contributed by atoms with Gasteiger partial charge in [0, 0.05) is 21.4 Å². The summed E-state index contributed by atoms with van der Waals surface area (Å²) in [4.78, 5) is 18.8. The lowest BCUT2D eigenvalue weighted by Crippen LogP contribution is -2.16. The van der Waals surface area contributed by atoms with Crippen LogP contribution in [0.5, 0.6) is 5.75 Å². The van der Waals surface area contributed by atoms with E-state index in [4.69, 9.17) is 0 Å². The minimum Gasteiger partial charge on any atom is -0.507 e. The summed E-state index contributed by atoms with van der Waals surface area (Å²) in [6, 6.07) is 10.7. The van der Waals surface area contributed by atoms with Gasteiger partial charge in [0.05, 0.1) is 11.6 Å². The largest absolute Gasteiger partial charge is 0.507 e. The molecule has 0 spiro atoms. The maximum Gasteiger partial charge on any atom is 0.283 e. The molecule has 118 valence electrons. The molecular weight excluding hydrogens is 342 g/mol. The first-order valence-electron chi connectivity index (χ1n) is 7.09. The second kappa shape index (κ2) is 6.03. The van der Waals surface area contributed by atoms with Crippen LogP contribution in [0.2, 0.25) is 0 Å². The van der Waals surface area contributed by atoms with Gasteiger partial charge >= 0.3 is 0 Å². The number of hydrogen-bond donors (Lipinski definition) is 1. The zero-order valence-electron chi connectivity index (χ0n) is 12.3. The number of phenolic OH excluding ortho intramolecular Hbond substituents is 1. The molecule has 0 aliphatic rings. The fourth-order valence-corrected chi connectivity index (χ4v) is 4.06. The second-order valence-electron chi connectivity index (χ2n) is 5.00. The van der Waals surface area contributed by atoms with E-state index in [-0.39, 0.29) is 11.3 Å². The SMILES string of the molecule is O=c1c2c(-c3cccs3)csc2ncn1/N=C/c1ccccc1O. The smallest absolute Gasteiger partial charge is 0.283 e. The Kier molecular flexibility index (Phi) is 3.72. The van der Waals surface area contributed by atoms with E-state index in [9.17, 15) is 9.90 Å². The molecule has 4 aromatic rings. The number of aromatic hydroxyl groups is 1. The predicted molar refractivity (Wildman–Crippen MR) is 98.3 cm³/mol. The number of phenols is 1. The average Bonchev–Trinajstić information content (AvgIpc) is 3.25. The van der Waals surface area contributed by atoms with Crippen LogP contribution in [-0.4, -0.2) is 21.0 Å². The summed E-state index contributed by atoms with van der Waals surface area (Å²) < 4.78 is 1.19. The van der Waals surface area contributed by atoms with Crippen LogP contribution in [0.3, 0.4) is 0 Å². The molecule has 0 radical (unpaired) electrons. The lowest BCUT2D eigenvalue weighted by Gasteiger charge is -2.00. The Morgan fingerprint density at radius 1 is 1.17 bits per heavy atom. The number of nitrogens with zero attached hydrogens (tertiary/aromatic N) is 3. The van der Waals surface area contributed by atoms with Crippen molar-refractivity contribution in [1.82, 2.24) is 9.66 Å². The summed E-state index contributed by atoms with van der Waals surface area (Å²) in [5, 5.41) is 18.4. The Morgan fingerprint density at radius 2 is 2.04 bits per heavy atom. The quantitative estimate of drug-likeness (QED) is 0.570. The van der Waals surface area contributed by atoms with Crippen molar-refractivity contribution in [2.24, 2.45) is 5.10 Å². The van der Waals surface area contributed by atoms with Crippen LogP contribution < -0.4 is 5.56 Å². The number of fused-ring (bicyclic) bond motifs is 1. The van der Waals surface area contributed by atoms with E-state index >= 15 is 0 Å². The summed E-state index contributed by atoms with van der Waals surface area (Å²) in [5.41, 5.74) is 1.19. The van der Waals surface area contributed by atoms with Crippen LogP contribution >= 0.6 is 22.7 Å². The minimum atomic E-state index is -0.226. The molecule has 0 saturated carbocycles. The number of benzene rings is 1. The fourth-order valence-electron chi connectivity index (χ4n) is 2.34. The zero-order valence-corrected chi connectivity index (χ0v) is 13.9. The first-order chi connectivity index (χ1) is 11.7. The molecule has 1 aromatic carbocycles. The van der Waals surface area contributed by atoms with E-state index < -0.39 is 0 Å². The van der Waals surface area contributed by atoms with E-state index in [1.807, 2.05) is 22.9 Å². The number of para-hydroxylation sites is 1. The van der Waals surface area contributed by atoms with E-state index in [1.54, 1.807) is 35.6 Å². The molecule has 1 N–H and O–H groups in total. The number of thiophene rings is 2. The van der Waals surface area contributed by atoms with Gasteiger partial charge in [0.1, 0.15) is 16.9 Å². The van der Waals surface area contributed by atoms with Crippen LogP contribution in [0.1, 0.15) is 5.56 Å². The molecule has 4 rings (SSSR count). The number of hydrogen-bond acceptors (Lipinski definition) is 6. The topological polar surface area (TPSA) is 67.5 Å². The molecule has 24 heavy (non-hydrogen) atoms. The van der Waals surface area contributed by atoms with Gasteiger partial charge in [-0.3, -0.25) is 4.79 Å². The molecule has 5 nitrogen and oxygen atoms in total. The highest BCUT2D eigenvalue weighted by atomic mass is 32.1. The van der Waals surface area contributed by atoms with Crippen molar-refractivity contribution in [3.8, 4) is 16.2 Å². The Bertz CT molecular complexity index is 1090. The van der Waals surface area contributed by atoms with Gasteiger partial charge < -0.3 is 5.11 Å². The van der Waals surface area contributed by atoms with Gasteiger partial charge in [0.15, 0.2) is 0 Å². The predicted octanol–water partition coefficient (Wildman–Crippen LogP) is 3.77. The molecular formula is C17H11N3O2S2. The molecule has 0 saturated heterocycles. The molecule has 0 bridgehead atoms. The van der Waals surface area contributed by atoms with Crippen LogP contribution in [0.15, 0.2) is 63.4 Å².